The number of hydroxylamine groups is 2. The monoisotopic (exact) mass is 369 g/mol. The molecule has 0 aliphatic heterocycles. The largest absolute Gasteiger partial charge is 0.286 e. The highest BCUT2D eigenvalue weighted by Crippen LogP contribution is 2.26. The highest BCUT2D eigenvalue weighted by molar-refractivity contribution is 7.90. The number of hydrogen-bond donors (Lipinski definition) is 1. The summed E-state index contributed by atoms with van der Waals surface area (Å²) < 4.78 is 26.2. The highest BCUT2D eigenvalue weighted by Gasteiger charge is 2.28. The summed E-state index contributed by atoms with van der Waals surface area (Å²) in [5.74, 6) is -0.368. The molecular weight excluding hydrogens is 346 g/mol. The van der Waals surface area contributed by atoms with Gasteiger partial charge in [0.1, 0.15) is 0 Å². The number of amides is 1. The minimum Gasteiger partial charge on any atom is -0.286 e. The van der Waals surface area contributed by atoms with Crippen LogP contribution >= 0.6 is 11.3 Å². The summed E-state index contributed by atoms with van der Waals surface area (Å²) in [4.78, 5) is 10.9. The fourth-order valence-corrected chi connectivity index (χ4v) is 5.17. The van der Waals surface area contributed by atoms with Crippen molar-refractivity contribution in [2.45, 2.75) is 39.0 Å². The first-order valence-corrected chi connectivity index (χ1v) is 10.4. The number of benzene rings is 1. The van der Waals surface area contributed by atoms with Gasteiger partial charge >= 0.3 is 0 Å². The lowest BCUT2D eigenvalue weighted by Crippen LogP contribution is -2.40. The number of thiophene rings is 1. The minimum absolute atomic E-state index is 0.105. The van der Waals surface area contributed by atoms with E-state index in [9.17, 15) is 18.4 Å². The van der Waals surface area contributed by atoms with E-state index in [1.807, 2.05) is 50.4 Å². The molecule has 0 radical (unpaired) electrons. The summed E-state index contributed by atoms with van der Waals surface area (Å²) in [7, 11) is -3.47. The summed E-state index contributed by atoms with van der Waals surface area (Å²) >= 11 is 1.61. The topological polar surface area (TPSA) is 74.7 Å². The van der Waals surface area contributed by atoms with Crippen molar-refractivity contribution >= 4 is 37.7 Å². The molecule has 0 saturated carbocycles. The predicted octanol–water partition coefficient (Wildman–Crippen LogP) is 3.47. The summed E-state index contributed by atoms with van der Waals surface area (Å²) in [6.07, 6.45) is 0.661. The molecule has 132 valence electrons. The van der Waals surface area contributed by atoms with Crippen molar-refractivity contribution in [1.82, 2.24) is 5.06 Å². The first-order valence-electron chi connectivity index (χ1n) is 7.69. The Balaban J connectivity index is 2.16. The Morgan fingerprint density at radius 3 is 2.62 bits per heavy atom. The number of hydrogen-bond acceptors (Lipinski definition) is 5. The zero-order valence-corrected chi connectivity index (χ0v) is 15.7. The Hall–Kier alpha value is -1.44. The van der Waals surface area contributed by atoms with E-state index >= 15 is 0 Å². The second-order valence-corrected chi connectivity index (χ2v) is 10.3. The third-order valence-corrected chi connectivity index (χ3v) is 6.24. The van der Waals surface area contributed by atoms with Gasteiger partial charge in [0, 0.05) is 4.70 Å². The van der Waals surface area contributed by atoms with Gasteiger partial charge in [-0.1, -0.05) is 26.8 Å². The van der Waals surface area contributed by atoms with E-state index in [1.165, 1.54) is 0 Å². The Bertz CT molecular complexity index is 805. The number of fused-ring (bicyclic) bond motifs is 1. The van der Waals surface area contributed by atoms with Crippen molar-refractivity contribution < 1.29 is 18.4 Å². The van der Waals surface area contributed by atoms with E-state index in [0.717, 1.165) is 10.1 Å². The molecule has 0 spiro atoms. The summed E-state index contributed by atoms with van der Waals surface area (Å²) in [6.45, 7) is 5.82. The number of carbonyl (C=O) groups is 1. The predicted molar refractivity (Wildman–Crippen MR) is 96.9 cm³/mol. The second kappa shape index (κ2) is 7.21. The number of nitrogens with zero attached hydrogens (tertiary/aromatic N) is 1. The van der Waals surface area contributed by atoms with Crippen molar-refractivity contribution in [3.63, 3.8) is 0 Å². The van der Waals surface area contributed by atoms with Crippen LogP contribution in [0.5, 0.6) is 0 Å². The van der Waals surface area contributed by atoms with Gasteiger partial charge in [-0.3, -0.25) is 10.0 Å². The SMILES string of the molecule is CC(C)(C)C[C@@H](CS(=O)(=O)Cc1ccc2sccc2c1)N(O)C=O. The quantitative estimate of drug-likeness (QED) is 0.461. The molecule has 2 aromatic rings. The second-order valence-electron chi connectivity index (χ2n) is 7.25. The van der Waals surface area contributed by atoms with Gasteiger partial charge in [-0.05, 0) is 46.4 Å². The fourth-order valence-electron chi connectivity index (χ4n) is 2.73. The van der Waals surface area contributed by atoms with Gasteiger partial charge in [-0.2, -0.15) is 0 Å². The normalized spacial score (nSPS) is 13.8. The molecule has 5 nitrogen and oxygen atoms in total. The van der Waals surface area contributed by atoms with E-state index in [1.54, 1.807) is 11.3 Å². The molecule has 7 heteroatoms. The van der Waals surface area contributed by atoms with Crippen molar-refractivity contribution in [3.8, 4) is 0 Å². The molecule has 1 aromatic carbocycles. The molecular formula is C17H23NO4S2. The molecule has 1 atom stereocenters. The van der Waals surface area contributed by atoms with Crippen LogP contribution in [0.3, 0.4) is 0 Å². The highest BCUT2D eigenvalue weighted by atomic mass is 32.2. The van der Waals surface area contributed by atoms with Gasteiger partial charge in [0.2, 0.25) is 6.41 Å². The number of sulfone groups is 1. The van der Waals surface area contributed by atoms with Gasteiger partial charge in [0.25, 0.3) is 0 Å². The first kappa shape index (κ1) is 18.9. The third-order valence-electron chi connectivity index (χ3n) is 3.68. The Morgan fingerprint density at radius 1 is 1.29 bits per heavy atom. The van der Waals surface area contributed by atoms with E-state index < -0.39 is 15.9 Å². The van der Waals surface area contributed by atoms with Crippen LogP contribution in [0.15, 0.2) is 29.6 Å². The molecule has 0 aliphatic rings. The van der Waals surface area contributed by atoms with Crippen molar-refractivity contribution in [2.75, 3.05) is 5.75 Å². The maximum atomic E-state index is 12.5. The van der Waals surface area contributed by atoms with Crippen molar-refractivity contribution in [3.05, 3.63) is 35.2 Å². The number of carbonyl (C=O) groups excluding carboxylic acids is 1. The van der Waals surface area contributed by atoms with Gasteiger partial charge in [0.15, 0.2) is 9.84 Å². The lowest BCUT2D eigenvalue weighted by molar-refractivity contribution is -0.160. The average Bonchev–Trinajstić information content (AvgIpc) is 2.90. The summed E-state index contributed by atoms with van der Waals surface area (Å²) in [5.41, 5.74) is 0.505. The van der Waals surface area contributed by atoms with Crippen LogP contribution < -0.4 is 0 Å². The molecule has 1 N–H and O–H groups in total. The van der Waals surface area contributed by atoms with Gasteiger partial charge in [0.05, 0.1) is 17.5 Å². The summed E-state index contributed by atoms with van der Waals surface area (Å²) in [6, 6.07) is 6.81. The molecule has 1 heterocycles. The fraction of sp³-hybridized carbons (Fsp3) is 0.471. The first-order chi connectivity index (χ1) is 11.1. The van der Waals surface area contributed by atoms with Crippen LogP contribution in [0, 0.1) is 5.41 Å². The van der Waals surface area contributed by atoms with Crippen LogP contribution in [0.4, 0.5) is 0 Å². The lowest BCUT2D eigenvalue weighted by atomic mass is 9.88. The third kappa shape index (κ3) is 5.29. The number of rotatable bonds is 7. The Morgan fingerprint density at radius 2 is 2.00 bits per heavy atom. The van der Waals surface area contributed by atoms with E-state index in [4.69, 9.17) is 0 Å². The maximum Gasteiger partial charge on any atom is 0.233 e. The minimum atomic E-state index is -3.47. The van der Waals surface area contributed by atoms with Gasteiger partial charge in [-0.25, -0.2) is 13.5 Å². The molecule has 24 heavy (non-hydrogen) atoms. The van der Waals surface area contributed by atoms with Crippen LogP contribution in [0.2, 0.25) is 0 Å². The average molecular weight is 370 g/mol. The molecule has 0 aliphatic carbocycles. The zero-order valence-electron chi connectivity index (χ0n) is 14.1. The van der Waals surface area contributed by atoms with Gasteiger partial charge < -0.3 is 0 Å². The van der Waals surface area contributed by atoms with E-state index in [2.05, 4.69) is 0 Å². The molecule has 1 amide bonds. The van der Waals surface area contributed by atoms with Crippen molar-refractivity contribution in [1.29, 1.82) is 0 Å². The maximum absolute atomic E-state index is 12.5. The van der Waals surface area contributed by atoms with E-state index in [0.29, 0.717) is 17.0 Å². The van der Waals surface area contributed by atoms with Crippen LogP contribution in [-0.2, 0) is 20.4 Å². The molecule has 1 aromatic heterocycles. The van der Waals surface area contributed by atoms with Crippen LogP contribution in [-0.4, -0.2) is 36.9 Å². The molecule has 0 fully saturated rings. The lowest BCUT2D eigenvalue weighted by Gasteiger charge is -2.29. The van der Waals surface area contributed by atoms with Crippen molar-refractivity contribution in [2.24, 2.45) is 5.41 Å². The zero-order chi connectivity index (χ0) is 18.0. The van der Waals surface area contributed by atoms with E-state index in [-0.39, 0.29) is 23.3 Å². The standard InChI is InChI=1S/C17H23NO4S2/c1-17(2,3)9-15(18(20)12-19)11-24(21,22)10-13-4-5-16-14(8-13)6-7-23-16/h4-8,12,15,20H,9-11H2,1-3H3/t15-/m0/s1. The molecule has 0 unspecified atom stereocenters. The Kier molecular flexibility index (Phi) is 5.67. The van der Waals surface area contributed by atoms with Crippen LogP contribution in [0.1, 0.15) is 32.8 Å². The summed E-state index contributed by atoms with van der Waals surface area (Å²) in [5, 5.41) is 13.2. The Labute approximate surface area is 146 Å². The van der Waals surface area contributed by atoms with Crippen LogP contribution in [0.25, 0.3) is 10.1 Å². The molecule has 2 rings (SSSR count). The van der Waals surface area contributed by atoms with Gasteiger partial charge in [-0.15, -0.1) is 11.3 Å². The molecule has 0 bridgehead atoms. The molecule has 0 saturated heterocycles. The smallest absolute Gasteiger partial charge is 0.233 e.